The highest BCUT2D eigenvalue weighted by atomic mass is 16.3. The van der Waals surface area contributed by atoms with E-state index in [1.807, 2.05) is 0 Å². The monoisotopic (exact) mass is 128 g/mol. The van der Waals surface area contributed by atoms with Crippen LogP contribution in [0.5, 0.6) is 0 Å². The molecule has 1 aliphatic rings. The first-order valence-corrected chi connectivity index (χ1v) is 3.91. The van der Waals surface area contributed by atoms with Crippen LogP contribution in [0.1, 0.15) is 39.5 Å². The number of hydrogen-bond acceptors (Lipinski definition) is 1. The summed E-state index contributed by atoms with van der Waals surface area (Å²) in [4.78, 5) is 0. The molecule has 1 N–H and O–H groups in total. The molecule has 1 nitrogen and oxygen atoms in total. The van der Waals surface area contributed by atoms with Gasteiger partial charge in [-0.15, -0.1) is 0 Å². The van der Waals surface area contributed by atoms with Gasteiger partial charge in [-0.1, -0.05) is 20.3 Å². The second kappa shape index (κ2) is 2.30. The van der Waals surface area contributed by atoms with Gasteiger partial charge in [-0.2, -0.15) is 0 Å². The van der Waals surface area contributed by atoms with Gasteiger partial charge in [0, 0.05) is 0 Å². The standard InChI is InChI=1S/C8H16O/c1-3-7(2)8(9)5-4-6-8/h7,9H,3-6H2,1-2H3. The van der Waals surface area contributed by atoms with E-state index in [-0.39, 0.29) is 5.60 Å². The van der Waals surface area contributed by atoms with Gasteiger partial charge in [-0.3, -0.25) is 0 Å². The molecule has 9 heavy (non-hydrogen) atoms. The zero-order chi connectivity index (χ0) is 6.91. The van der Waals surface area contributed by atoms with E-state index in [9.17, 15) is 5.11 Å². The maximum atomic E-state index is 9.68. The van der Waals surface area contributed by atoms with Gasteiger partial charge in [0.1, 0.15) is 0 Å². The summed E-state index contributed by atoms with van der Waals surface area (Å²) in [5.41, 5.74) is -0.269. The lowest BCUT2D eigenvalue weighted by atomic mass is 9.71. The molecule has 0 aromatic carbocycles. The van der Waals surface area contributed by atoms with E-state index in [2.05, 4.69) is 13.8 Å². The maximum absolute atomic E-state index is 9.68. The fraction of sp³-hybridized carbons (Fsp3) is 1.00. The van der Waals surface area contributed by atoms with E-state index >= 15 is 0 Å². The van der Waals surface area contributed by atoms with Gasteiger partial charge in [0.2, 0.25) is 0 Å². The Hall–Kier alpha value is -0.0400. The van der Waals surface area contributed by atoms with Crippen molar-refractivity contribution in [3.05, 3.63) is 0 Å². The van der Waals surface area contributed by atoms with Crippen LogP contribution in [0.25, 0.3) is 0 Å². The molecule has 0 aromatic rings. The van der Waals surface area contributed by atoms with Crippen LogP contribution in [0.4, 0.5) is 0 Å². The third kappa shape index (κ3) is 1.11. The van der Waals surface area contributed by atoms with Crippen LogP contribution < -0.4 is 0 Å². The molecular formula is C8H16O. The summed E-state index contributed by atoms with van der Waals surface area (Å²) in [6.45, 7) is 4.28. The van der Waals surface area contributed by atoms with Gasteiger partial charge in [-0.25, -0.2) is 0 Å². The summed E-state index contributed by atoms with van der Waals surface area (Å²) in [6.07, 6.45) is 4.39. The van der Waals surface area contributed by atoms with Crippen molar-refractivity contribution in [3.63, 3.8) is 0 Å². The average molecular weight is 128 g/mol. The van der Waals surface area contributed by atoms with Crippen molar-refractivity contribution in [3.8, 4) is 0 Å². The van der Waals surface area contributed by atoms with Crippen LogP contribution in [0.3, 0.4) is 0 Å². The van der Waals surface area contributed by atoms with Crippen molar-refractivity contribution < 1.29 is 5.11 Å². The Morgan fingerprint density at radius 3 is 2.22 bits per heavy atom. The van der Waals surface area contributed by atoms with Crippen molar-refractivity contribution in [2.45, 2.75) is 45.1 Å². The number of aliphatic hydroxyl groups is 1. The van der Waals surface area contributed by atoms with Crippen LogP contribution in [0, 0.1) is 5.92 Å². The molecule has 54 valence electrons. The average Bonchev–Trinajstić information content (AvgIpc) is 1.81. The predicted molar refractivity (Wildman–Crippen MR) is 38.3 cm³/mol. The first-order valence-electron chi connectivity index (χ1n) is 3.91. The summed E-state index contributed by atoms with van der Waals surface area (Å²) in [5.74, 6) is 0.506. The minimum atomic E-state index is -0.269. The second-order valence-corrected chi connectivity index (χ2v) is 3.27. The van der Waals surface area contributed by atoms with Gasteiger partial charge in [0.05, 0.1) is 5.60 Å². The fourth-order valence-corrected chi connectivity index (χ4v) is 1.41. The molecule has 0 radical (unpaired) electrons. The van der Waals surface area contributed by atoms with Crippen molar-refractivity contribution in [2.24, 2.45) is 5.92 Å². The first kappa shape index (κ1) is 7.07. The lowest BCUT2D eigenvalue weighted by Gasteiger charge is -2.41. The van der Waals surface area contributed by atoms with Crippen molar-refractivity contribution in [1.29, 1.82) is 0 Å². The number of hydrogen-bond donors (Lipinski definition) is 1. The van der Waals surface area contributed by atoms with E-state index in [4.69, 9.17) is 0 Å². The lowest BCUT2D eigenvalue weighted by molar-refractivity contribution is -0.0786. The minimum Gasteiger partial charge on any atom is -0.390 e. The quantitative estimate of drug-likeness (QED) is 0.602. The third-order valence-corrected chi connectivity index (χ3v) is 2.75. The molecule has 1 atom stereocenters. The normalized spacial score (nSPS) is 27.0. The smallest absolute Gasteiger partial charge is 0.0673 e. The largest absolute Gasteiger partial charge is 0.390 e. The molecule has 1 heteroatoms. The molecule has 1 unspecified atom stereocenters. The highest BCUT2D eigenvalue weighted by Gasteiger charge is 2.38. The van der Waals surface area contributed by atoms with Crippen LogP contribution in [0.15, 0.2) is 0 Å². The highest BCUT2D eigenvalue weighted by molar-refractivity contribution is 4.91. The zero-order valence-electron chi connectivity index (χ0n) is 6.35. The predicted octanol–water partition coefficient (Wildman–Crippen LogP) is 1.95. The van der Waals surface area contributed by atoms with Crippen LogP contribution >= 0.6 is 0 Å². The summed E-state index contributed by atoms with van der Waals surface area (Å²) >= 11 is 0. The fourth-order valence-electron chi connectivity index (χ4n) is 1.41. The van der Waals surface area contributed by atoms with Gasteiger partial charge in [-0.05, 0) is 25.2 Å². The summed E-state index contributed by atoms with van der Waals surface area (Å²) in [5, 5.41) is 9.68. The Labute approximate surface area is 57.1 Å². The molecule has 1 rings (SSSR count). The van der Waals surface area contributed by atoms with E-state index in [0.717, 1.165) is 19.3 Å². The zero-order valence-corrected chi connectivity index (χ0v) is 6.35. The summed E-state index contributed by atoms with van der Waals surface area (Å²) in [7, 11) is 0. The Balaban J connectivity index is 2.38. The first-order chi connectivity index (χ1) is 4.19. The Kier molecular flexibility index (Phi) is 1.80. The van der Waals surface area contributed by atoms with Crippen molar-refractivity contribution >= 4 is 0 Å². The molecule has 0 bridgehead atoms. The van der Waals surface area contributed by atoms with Crippen molar-refractivity contribution in [2.75, 3.05) is 0 Å². The second-order valence-electron chi connectivity index (χ2n) is 3.27. The van der Waals surface area contributed by atoms with E-state index in [1.165, 1.54) is 6.42 Å². The molecule has 0 aliphatic heterocycles. The summed E-state index contributed by atoms with van der Waals surface area (Å²) < 4.78 is 0. The van der Waals surface area contributed by atoms with E-state index in [0.29, 0.717) is 5.92 Å². The van der Waals surface area contributed by atoms with Crippen molar-refractivity contribution in [1.82, 2.24) is 0 Å². The molecule has 1 fully saturated rings. The molecular weight excluding hydrogens is 112 g/mol. The maximum Gasteiger partial charge on any atom is 0.0673 e. The number of rotatable bonds is 2. The molecule has 0 spiro atoms. The topological polar surface area (TPSA) is 20.2 Å². The van der Waals surface area contributed by atoms with Crippen LogP contribution in [-0.4, -0.2) is 10.7 Å². The van der Waals surface area contributed by atoms with Gasteiger partial charge < -0.3 is 5.11 Å². The molecule has 0 saturated heterocycles. The summed E-state index contributed by atoms with van der Waals surface area (Å²) in [6, 6.07) is 0. The van der Waals surface area contributed by atoms with Crippen LogP contribution in [0.2, 0.25) is 0 Å². The lowest BCUT2D eigenvalue weighted by Crippen LogP contribution is -2.42. The minimum absolute atomic E-state index is 0.269. The molecule has 1 saturated carbocycles. The van der Waals surface area contributed by atoms with Crippen LogP contribution in [-0.2, 0) is 0 Å². The van der Waals surface area contributed by atoms with Gasteiger partial charge in [0.25, 0.3) is 0 Å². The molecule has 0 amide bonds. The van der Waals surface area contributed by atoms with Gasteiger partial charge >= 0.3 is 0 Å². The van der Waals surface area contributed by atoms with Gasteiger partial charge in [0.15, 0.2) is 0 Å². The SMILES string of the molecule is CCC(C)C1(O)CCC1. The Bertz CT molecular complexity index is 94.7. The van der Waals surface area contributed by atoms with E-state index in [1.54, 1.807) is 0 Å². The molecule has 1 aliphatic carbocycles. The molecule has 0 aromatic heterocycles. The van der Waals surface area contributed by atoms with E-state index < -0.39 is 0 Å². The Morgan fingerprint density at radius 2 is 2.11 bits per heavy atom. The molecule has 0 heterocycles. The Morgan fingerprint density at radius 1 is 1.56 bits per heavy atom. The third-order valence-electron chi connectivity index (χ3n) is 2.75. The highest BCUT2D eigenvalue weighted by Crippen LogP contribution is 2.39.